The summed E-state index contributed by atoms with van der Waals surface area (Å²) in [6, 6.07) is 11.6. The highest BCUT2D eigenvalue weighted by molar-refractivity contribution is 6.00. The molecule has 0 fully saturated rings. The predicted octanol–water partition coefficient (Wildman–Crippen LogP) is 4.72. The van der Waals surface area contributed by atoms with Gasteiger partial charge in [0.05, 0.1) is 49.5 Å². The minimum absolute atomic E-state index is 0.0110. The van der Waals surface area contributed by atoms with Crippen LogP contribution in [-0.4, -0.2) is 47.0 Å². The maximum atomic E-state index is 13.2. The fraction of sp³-hybridized carbons (Fsp3) is 0.296. The number of para-hydroxylation sites is 1. The number of hydrogen-bond donors (Lipinski definition) is 1. The van der Waals surface area contributed by atoms with Crippen molar-refractivity contribution in [2.75, 3.05) is 26.6 Å². The summed E-state index contributed by atoms with van der Waals surface area (Å²) in [4.78, 5) is 31.6. The highest BCUT2D eigenvalue weighted by Crippen LogP contribution is 2.43. The van der Waals surface area contributed by atoms with Gasteiger partial charge in [0.15, 0.2) is 17.3 Å². The Morgan fingerprint density at radius 1 is 0.833 bits per heavy atom. The SMILES string of the molecule is COc1cc([C@H]2CC(=O)c3c(C)nc(Nc4nc(C)c5ccccc5n4)nc3C2)cc(OC)c1OC. The third kappa shape index (κ3) is 4.17. The highest BCUT2D eigenvalue weighted by Gasteiger charge is 2.31. The summed E-state index contributed by atoms with van der Waals surface area (Å²) in [5.74, 6) is 2.30. The molecule has 0 amide bonds. The third-order valence-corrected chi connectivity index (χ3v) is 6.49. The van der Waals surface area contributed by atoms with Crippen molar-refractivity contribution in [2.24, 2.45) is 0 Å². The quantitative estimate of drug-likeness (QED) is 0.415. The molecule has 0 saturated carbocycles. The van der Waals surface area contributed by atoms with Crippen LogP contribution in [0.4, 0.5) is 11.9 Å². The van der Waals surface area contributed by atoms with Crippen LogP contribution in [0.5, 0.6) is 17.2 Å². The van der Waals surface area contributed by atoms with Gasteiger partial charge >= 0.3 is 0 Å². The maximum Gasteiger partial charge on any atom is 0.230 e. The first-order valence-electron chi connectivity index (χ1n) is 11.6. The van der Waals surface area contributed by atoms with Crippen molar-refractivity contribution in [2.45, 2.75) is 32.6 Å². The number of anilines is 2. The zero-order chi connectivity index (χ0) is 25.4. The largest absolute Gasteiger partial charge is 0.493 e. The smallest absolute Gasteiger partial charge is 0.230 e. The van der Waals surface area contributed by atoms with Crippen molar-refractivity contribution in [3.05, 3.63) is 64.6 Å². The number of nitrogens with one attached hydrogen (secondary N) is 1. The van der Waals surface area contributed by atoms with Crippen molar-refractivity contribution < 1.29 is 19.0 Å². The monoisotopic (exact) mass is 485 g/mol. The molecule has 0 radical (unpaired) electrons. The Morgan fingerprint density at radius 3 is 2.19 bits per heavy atom. The van der Waals surface area contributed by atoms with Crippen molar-refractivity contribution in [3.63, 3.8) is 0 Å². The molecule has 2 aromatic heterocycles. The first-order valence-corrected chi connectivity index (χ1v) is 11.6. The Morgan fingerprint density at radius 2 is 1.50 bits per heavy atom. The number of ketones is 1. The van der Waals surface area contributed by atoms with Gasteiger partial charge in [-0.05, 0) is 49.9 Å². The average Bonchev–Trinajstić information content (AvgIpc) is 2.87. The van der Waals surface area contributed by atoms with Crippen LogP contribution < -0.4 is 19.5 Å². The normalized spacial score (nSPS) is 14.9. The van der Waals surface area contributed by atoms with Crippen LogP contribution in [0.1, 0.15) is 45.3 Å². The molecule has 0 unspecified atom stereocenters. The zero-order valence-electron chi connectivity index (χ0n) is 20.9. The molecule has 1 atom stereocenters. The standard InChI is InChI=1S/C27H27N5O4/c1-14-18-8-6-7-9-19(18)30-26(28-14)32-27-29-15(2)24-20(31-27)10-16(11-21(24)33)17-12-22(34-3)25(36-5)23(13-17)35-4/h6-9,12-13,16H,10-11H2,1-5H3,(H,28,29,30,31,32)/t16-/m1/s1. The first-order chi connectivity index (χ1) is 17.4. The van der Waals surface area contributed by atoms with Crippen LogP contribution in [-0.2, 0) is 6.42 Å². The second kappa shape index (κ2) is 9.41. The summed E-state index contributed by atoms with van der Waals surface area (Å²) in [5, 5.41) is 4.13. The summed E-state index contributed by atoms with van der Waals surface area (Å²) >= 11 is 0. The van der Waals surface area contributed by atoms with Crippen LogP contribution in [0.15, 0.2) is 36.4 Å². The van der Waals surface area contributed by atoms with Crippen LogP contribution in [0.2, 0.25) is 0 Å². The average molecular weight is 486 g/mol. The van der Waals surface area contributed by atoms with E-state index < -0.39 is 0 Å². The summed E-state index contributed by atoms with van der Waals surface area (Å²) in [6.45, 7) is 3.77. The Balaban J connectivity index is 1.49. The second-order valence-corrected chi connectivity index (χ2v) is 8.72. The summed E-state index contributed by atoms with van der Waals surface area (Å²) in [6.07, 6.45) is 0.908. The van der Waals surface area contributed by atoms with E-state index in [4.69, 9.17) is 19.2 Å². The number of ether oxygens (including phenoxy) is 3. The molecule has 9 heteroatoms. The van der Waals surface area contributed by atoms with Crippen molar-refractivity contribution >= 4 is 28.6 Å². The molecule has 36 heavy (non-hydrogen) atoms. The number of rotatable bonds is 6. The number of aryl methyl sites for hydroxylation is 2. The van der Waals surface area contributed by atoms with Gasteiger partial charge in [0.25, 0.3) is 0 Å². The molecule has 0 saturated heterocycles. The summed E-state index contributed by atoms with van der Waals surface area (Å²) in [7, 11) is 4.72. The number of fused-ring (bicyclic) bond motifs is 2. The molecule has 0 aliphatic heterocycles. The lowest BCUT2D eigenvalue weighted by molar-refractivity contribution is 0.0962. The molecule has 0 spiro atoms. The number of aromatic nitrogens is 4. The fourth-order valence-electron chi connectivity index (χ4n) is 4.79. The van der Waals surface area contributed by atoms with E-state index in [9.17, 15) is 4.79 Å². The Kier molecular flexibility index (Phi) is 6.13. The van der Waals surface area contributed by atoms with Gasteiger partial charge in [-0.15, -0.1) is 0 Å². The molecule has 4 aromatic rings. The van der Waals surface area contributed by atoms with Gasteiger partial charge in [-0.1, -0.05) is 18.2 Å². The summed E-state index contributed by atoms with van der Waals surface area (Å²) < 4.78 is 16.5. The molecule has 5 rings (SSSR count). The van der Waals surface area contributed by atoms with Crippen LogP contribution in [0.3, 0.4) is 0 Å². The number of benzene rings is 2. The van der Waals surface area contributed by atoms with E-state index in [1.807, 2.05) is 50.2 Å². The van der Waals surface area contributed by atoms with Crippen molar-refractivity contribution in [1.29, 1.82) is 0 Å². The molecule has 0 bridgehead atoms. The second-order valence-electron chi connectivity index (χ2n) is 8.72. The van der Waals surface area contributed by atoms with Gasteiger partial charge in [-0.2, -0.15) is 0 Å². The van der Waals surface area contributed by atoms with Gasteiger partial charge in [0.1, 0.15) is 0 Å². The fourth-order valence-corrected chi connectivity index (χ4v) is 4.79. The Labute approximate surface area is 208 Å². The topological polar surface area (TPSA) is 108 Å². The number of carbonyl (C=O) groups is 1. The van der Waals surface area contributed by atoms with E-state index in [2.05, 4.69) is 20.3 Å². The molecular formula is C27H27N5O4. The van der Waals surface area contributed by atoms with E-state index in [1.165, 1.54) is 0 Å². The number of hydrogen-bond acceptors (Lipinski definition) is 9. The van der Waals surface area contributed by atoms with E-state index in [0.29, 0.717) is 58.9 Å². The van der Waals surface area contributed by atoms with Crippen LogP contribution >= 0.6 is 0 Å². The molecule has 1 aliphatic carbocycles. The molecule has 9 nitrogen and oxygen atoms in total. The minimum atomic E-state index is -0.0972. The summed E-state index contributed by atoms with van der Waals surface area (Å²) in [5.41, 5.74) is 4.52. The van der Waals surface area contributed by atoms with Gasteiger partial charge < -0.3 is 14.2 Å². The number of carbonyl (C=O) groups excluding carboxylic acids is 1. The van der Waals surface area contributed by atoms with Gasteiger partial charge in [-0.25, -0.2) is 19.9 Å². The van der Waals surface area contributed by atoms with Gasteiger partial charge in [0, 0.05) is 11.8 Å². The Bertz CT molecular complexity index is 1460. The van der Waals surface area contributed by atoms with E-state index in [0.717, 1.165) is 22.2 Å². The molecule has 2 heterocycles. The van der Waals surface area contributed by atoms with E-state index in [-0.39, 0.29) is 11.7 Å². The maximum absolute atomic E-state index is 13.2. The highest BCUT2D eigenvalue weighted by atomic mass is 16.5. The number of Topliss-reactive ketones (excluding diaryl/α,β-unsaturated/α-hetero) is 1. The minimum Gasteiger partial charge on any atom is -0.493 e. The van der Waals surface area contributed by atoms with Crippen LogP contribution in [0.25, 0.3) is 10.9 Å². The van der Waals surface area contributed by atoms with Gasteiger partial charge in [0.2, 0.25) is 17.6 Å². The zero-order valence-corrected chi connectivity index (χ0v) is 20.9. The lowest BCUT2D eigenvalue weighted by Gasteiger charge is -2.25. The lowest BCUT2D eigenvalue weighted by atomic mass is 9.81. The number of nitrogens with zero attached hydrogens (tertiary/aromatic N) is 4. The molecule has 2 aromatic carbocycles. The first kappa shape index (κ1) is 23.5. The van der Waals surface area contributed by atoms with E-state index in [1.54, 1.807) is 21.3 Å². The van der Waals surface area contributed by atoms with E-state index >= 15 is 0 Å². The number of methoxy groups -OCH3 is 3. The molecule has 1 aliphatic rings. The molecular weight excluding hydrogens is 458 g/mol. The van der Waals surface area contributed by atoms with Crippen molar-refractivity contribution in [3.8, 4) is 17.2 Å². The lowest BCUT2D eigenvalue weighted by Crippen LogP contribution is -2.23. The van der Waals surface area contributed by atoms with Crippen molar-refractivity contribution in [1.82, 2.24) is 19.9 Å². The van der Waals surface area contributed by atoms with Crippen LogP contribution in [0, 0.1) is 13.8 Å². The predicted molar refractivity (Wildman–Crippen MR) is 136 cm³/mol. The third-order valence-electron chi connectivity index (χ3n) is 6.49. The Hall–Kier alpha value is -4.27. The molecule has 184 valence electrons. The van der Waals surface area contributed by atoms with Gasteiger partial charge in [-0.3, -0.25) is 10.1 Å². The molecule has 1 N–H and O–H groups in total.